The number of rotatable bonds is 4. The lowest BCUT2D eigenvalue weighted by Gasteiger charge is -2.24. The van der Waals surface area contributed by atoms with Crippen molar-refractivity contribution in [2.45, 2.75) is 56.3 Å². The lowest BCUT2D eigenvalue weighted by molar-refractivity contribution is -0.127. The summed E-state index contributed by atoms with van der Waals surface area (Å²) >= 11 is 5.91. The average molecular weight is 324 g/mol. The molecule has 1 aliphatic carbocycles. The molecule has 1 saturated carbocycles. The van der Waals surface area contributed by atoms with Crippen LogP contribution in [0.25, 0.3) is 0 Å². The molecule has 0 aromatic heterocycles. The van der Waals surface area contributed by atoms with Gasteiger partial charge in [-0.05, 0) is 37.0 Å². The van der Waals surface area contributed by atoms with E-state index in [0.717, 1.165) is 37.7 Å². The highest BCUT2D eigenvalue weighted by molar-refractivity contribution is 6.30. The molecule has 120 valence electrons. The number of ether oxygens (including phenoxy) is 1. The van der Waals surface area contributed by atoms with Gasteiger partial charge in [0.15, 0.2) is 0 Å². The van der Waals surface area contributed by atoms with E-state index in [9.17, 15) is 9.90 Å². The lowest BCUT2D eigenvalue weighted by atomic mass is 9.96. The minimum absolute atomic E-state index is 0.0429. The second kappa shape index (κ2) is 6.57. The van der Waals surface area contributed by atoms with Gasteiger partial charge in [0, 0.05) is 11.6 Å². The first-order valence-corrected chi connectivity index (χ1v) is 8.32. The summed E-state index contributed by atoms with van der Waals surface area (Å²) in [5.41, 5.74) is 0.214. The van der Waals surface area contributed by atoms with Gasteiger partial charge in [-0.1, -0.05) is 36.6 Å². The molecular weight excluding hydrogens is 302 g/mol. The van der Waals surface area contributed by atoms with Crippen LogP contribution < -0.4 is 5.32 Å². The second-order valence-corrected chi connectivity index (χ2v) is 6.85. The standard InChI is InChI=1S/C17H22ClNO3/c18-13-5-3-12(4-6-13)16-14(7-10-22-16)19-15(20)11-17(21)8-1-2-9-17/h3-6,14,16,21H,1-2,7-11H2,(H,19,20). The van der Waals surface area contributed by atoms with Crippen molar-refractivity contribution in [2.24, 2.45) is 0 Å². The fraction of sp³-hybridized carbons (Fsp3) is 0.588. The Kier molecular flexibility index (Phi) is 4.71. The molecule has 1 aromatic rings. The lowest BCUT2D eigenvalue weighted by Crippen LogP contribution is -2.41. The second-order valence-electron chi connectivity index (χ2n) is 6.41. The molecule has 4 nitrogen and oxygen atoms in total. The summed E-state index contributed by atoms with van der Waals surface area (Å²) in [6, 6.07) is 7.49. The number of halogens is 1. The summed E-state index contributed by atoms with van der Waals surface area (Å²) in [4.78, 5) is 12.2. The monoisotopic (exact) mass is 323 g/mol. The summed E-state index contributed by atoms with van der Waals surface area (Å²) in [6.07, 6.45) is 4.30. The Bertz CT molecular complexity index is 525. The van der Waals surface area contributed by atoms with Gasteiger partial charge < -0.3 is 15.2 Å². The quantitative estimate of drug-likeness (QED) is 0.895. The molecule has 1 aliphatic heterocycles. The van der Waals surface area contributed by atoms with E-state index >= 15 is 0 Å². The van der Waals surface area contributed by atoms with Gasteiger partial charge in [0.2, 0.25) is 5.91 Å². The van der Waals surface area contributed by atoms with Crippen LogP contribution in [0, 0.1) is 0 Å². The Balaban J connectivity index is 1.61. The van der Waals surface area contributed by atoms with Crippen LogP contribution in [0.3, 0.4) is 0 Å². The zero-order valence-electron chi connectivity index (χ0n) is 12.6. The maximum absolute atomic E-state index is 12.2. The maximum Gasteiger partial charge on any atom is 0.223 e. The van der Waals surface area contributed by atoms with Crippen molar-refractivity contribution >= 4 is 17.5 Å². The molecule has 2 aliphatic rings. The van der Waals surface area contributed by atoms with Gasteiger partial charge in [0.1, 0.15) is 6.10 Å². The van der Waals surface area contributed by atoms with Crippen molar-refractivity contribution in [3.8, 4) is 0 Å². The van der Waals surface area contributed by atoms with E-state index < -0.39 is 5.60 Å². The van der Waals surface area contributed by atoms with Crippen LogP contribution in [0.5, 0.6) is 0 Å². The molecule has 1 saturated heterocycles. The van der Waals surface area contributed by atoms with E-state index in [0.29, 0.717) is 11.6 Å². The Labute approximate surface area is 135 Å². The predicted molar refractivity (Wildman–Crippen MR) is 84.7 cm³/mol. The molecule has 1 aromatic carbocycles. The van der Waals surface area contributed by atoms with Crippen LogP contribution in [-0.2, 0) is 9.53 Å². The van der Waals surface area contributed by atoms with Crippen molar-refractivity contribution < 1.29 is 14.6 Å². The molecule has 0 spiro atoms. The fourth-order valence-electron chi connectivity index (χ4n) is 3.48. The minimum atomic E-state index is -0.806. The molecule has 2 fully saturated rings. The number of benzene rings is 1. The zero-order chi connectivity index (χ0) is 15.6. The number of carbonyl (C=O) groups is 1. The Morgan fingerprint density at radius 3 is 2.68 bits per heavy atom. The van der Waals surface area contributed by atoms with E-state index in [1.54, 1.807) is 0 Å². The van der Waals surface area contributed by atoms with Crippen LogP contribution >= 0.6 is 11.6 Å². The molecule has 1 amide bonds. The van der Waals surface area contributed by atoms with Gasteiger partial charge in [0.25, 0.3) is 0 Å². The SMILES string of the molecule is O=C(CC1(O)CCCC1)NC1CCOC1c1ccc(Cl)cc1. The fourth-order valence-corrected chi connectivity index (χ4v) is 3.61. The van der Waals surface area contributed by atoms with Gasteiger partial charge in [-0.2, -0.15) is 0 Å². The van der Waals surface area contributed by atoms with Crippen LogP contribution in [0.15, 0.2) is 24.3 Å². The summed E-state index contributed by atoms with van der Waals surface area (Å²) in [5, 5.41) is 14.1. The molecule has 3 rings (SSSR count). The number of hydrogen-bond donors (Lipinski definition) is 2. The highest BCUT2D eigenvalue weighted by atomic mass is 35.5. The van der Waals surface area contributed by atoms with E-state index in [4.69, 9.17) is 16.3 Å². The largest absolute Gasteiger partial charge is 0.389 e. The summed E-state index contributed by atoms with van der Waals surface area (Å²) in [7, 11) is 0. The van der Waals surface area contributed by atoms with E-state index in [1.807, 2.05) is 24.3 Å². The molecular formula is C17H22ClNO3. The summed E-state index contributed by atoms with van der Waals surface area (Å²) in [5.74, 6) is -0.0844. The predicted octanol–water partition coefficient (Wildman–Crippen LogP) is 2.98. The van der Waals surface area contributed by atoms with E-state index in [2.05, 4.69) is 5.32 Å². The molecule has 0 bridgehead atoms. The van der Waals surface area contributed by atoms with Crippen molar-refractivity contribution in [3.63, 3.8) is 0 Å². The van der Waals surface area contributed by atoms with Gasteiger partial charge >= 0.3 is 0 Å². The number of hydrogen-bond acceptors (Lipinski definition) is 3. The molecule has 5 heteroatoms. The first kappa shape index (κ1) is 15.8. The van der Waals surface area contributed by atoms with Gasteiger partial charge in [0.05, 0.1) is 18.1 Å². The topological polar surface area (TPSA) is 58.6 Å². The number of nitrogens with one attached hydrogen (secondary N) is 1. The summed E-state index contributed by atoms with van der Waals surface area (Å²) < 4.78 is 5.77. The molecule has 22 heavy (non-hydrogen) atoms. The van der Waals surface area contributed by atoms with Crippen molar-refractivity contribution in [2.75, 3.05) is 6.61 Å². The first-order valence-electron chi connectivity index (χ1n) is 7.95. The minimum Gasteiger partial charge on any atom is -0.389 e. The maximum atomic E-state index is 12.2. The smallest absolute Gasteiger partial charge is 0.223 e. The van der Waals surface area contributed by atoms with Crippen LogP contribution in [0.2, 0.25) is 5.02 Å². The molecule has 2 N–H and O–H groups in total. The average Bonchev–Trinajstić information content (AvgIpc) is 3.09. The van der Waals surface area contributed by atoms with Crippen LogP contribution in [0.4, 0.5) is 0 Å². The molecule has 2 atom stereocenters. The zero-order valence-corrected chi connectivity index (χ0v) is 13.3. The van der Waals surface area contributed by atoms with Crippen LogP contribution in [0.1, 0.15) is 50.2 Å². The van der Waals surface area contributed by atoms with Gasteiger partial charge in [-0.3, -0.25) is 4.79 Å². The molecule has 1 heterocycles. The highest BCUT2D eigenvalue weighted by Crippen LogP contribution is 2.33. The third-order valence-corrected chi connectivity index (χ3v) is 4.91. The van der Waals surface area contributed by atoms with Crippen LogP contribution in [-0.4, -0.2) is 29.3 Å². The number of aliphatic hydroxyl groups is 1. The van der Waals surface area contributed by atoms with Gasteiger partial charge in [-0.15, -0.1) is 0 Å². The number of carbonyl (C=O) groups excluding carboxylic acids is 1. The highest BCUT2D eigenvalue weighted by Gasteiger charge is 2.36. The third kappa shape index (κ3) is 3.62. The van der Waals surface area contributed by atoms with Crippen molar-refractivity contribution in [3.05, 3.63) is 34.9 Å². The first-order chi connectivity index (χ1) is 10.6. The van der Waals surface area contributed by atoms with E-state index in [-0.39, 0.29) is 24.5 Å². The van der Waals surface area contributed by atoms with Gasteiger partial charge in [-0.25, -0.2) is 0 Å². The molecule has 0 radical (unpaired) electrons. The molecule has 2 unspecified atom stereocenters. The Hall–Kier alpha value is -1.10. The Morgan fingerprint density at radius 2 is 2.00 bits per heavy atom. The van der Waals surface area contributed by atoms with Crippen molar-refractivity contribution in [1.82, 2.24) is 5.32 Å². The van der Waals surface area contributed by atoms with E-state index in [1.165, 1.54) is 0 Å². The van der Waals surface area contributed by atoms with Crippen molar-refractivity contribution in [1.29, 1.82) is 0 Å². The normalized spacial score (nSPS) is 27.0. The summed E-state index contributed by atoms with van der Waals surface area (Å²) in [6.45, 7) is 0.627. The number of amides is 1. The third-order valence-electron chi connectivity index (χ3n) is 4.66. The Morgan fingerprint density at radius 1 is 1.32 bits per heavy atom.